The highest BCUT2D eigenvalue weighted by Crippen LogP contribution is 2.12. The maximum atomic E-state index is 5.72. The van der Waals surface area contributed by atoms with Gasteiger partial charge in [0.05, 0.1) is 19.8 Å². The number of hydrogen-bond donors (Lipinski definition) is 2. The number of nitrogens with one attached hydrogen (secondary N) is 2. The Hall–Kier alpha value is -1.28. The van der Waals surface area contributed by atoms with E-state index in [2.05, 4.69) is 47.7 Å². The Morgan fingerprint density at radius 2 is 2.04 bits per heavy atom. The zero-order valence-corrected chi connectivity index (χ0v) is 17.5. The van der Waals surface area contributed by atoms with Gasteiger partial charge in [-0.15, -0.1) is 24.0 Å². The molecular formula is C19H30IN3O2. The molecule has 1 aliphatic heterocycles. The minimum Gasteiger partial charge on any atom is -0.492 e. The summed E-state index contributed by atoms with van der Waals surface area (Å²) in [6.07, 6.45) is 4.21. The van der Waals surface area contributed by atoms with Crippen LogP contribution >= 0.6 is 24.0 Å². The molecule has 0 saturated heterocycles. The number of hydrogen-bond acceptors (Lipinski definition) is 3. The average molecular weight is 459 g/mol. The molecule has 5 nitrogen and oxygen atoms in total. The number of nitrogens with zero attached hydrogens (tertiary/aromatic N) is 1. The van der Waals surface area contributed by atoms with Gasteiger partial charge in [0.15, 0.2) is 5.96 Å². The van der Waals surface area contributed by atoms with Crippen LogP contribution in [0.4, 0.5) is 0 Å². The van der Waals surface area contributed by atoms with E-state index in [-0.39, 0.29) is 24.0 Å². The fraction of sp³-hybridized carbons (Fsp3) is 0.526. The van der Waals surface area contributed by atoms with Crippen molar-refractivity contribution in [3.63, 3.8) is 0 Å². The monoisotopic (exact) mass is 459 g/mol. The second kappa shape index (κ2) is 13.0. The zero-order valence-electron chi connectivity index (χ0n) is 15.2. The molecule has 0 atom stereocenters. The summed E-state index contributed by atoms with van der Waals surface area (Å²) >= 11 is 0. The summed E-state index contributed by atoms with van der Waals surface area (Å²) in [5.74, 6) is 1.74. The van der Waals surface area contributed by atoms with Gasteiger partial charge < -0.3 is 20.1 Å². The second-order valence-corrected chi connectivity index (χ2v) is 5.79. The number of benzene rings is 1. The lowest BCUT2D eigenvalue weighted by atomic mass is 10.1. The predicted molar refractivity (Wildman–Crippen MR) is 114 cm³/mol. The van der Waals surface area contributed by atoms with Crippen LogP contribution in [-0.4, -0.2) is 45.4 Å². The summed E-state index contributed by atoms with van der Waals surface area (Å²) in [7, 11) is 0. The van der Waals surface area contributed by atoms with Crippen LogP contribution in [0.25, 0.3) is 0 Å². The highest BCUT2D eigenvalue weighted by atomic mass is 127. The van der Waals surface area contributed by atoms with Crippen LogP contribution in [0.5, 0.6) is 5.75 Å². The third kappa shape index (κ3) is 9.11. The van der Waals surface area contributed by atoms with Crippen LogP contribution in [0.3, 0.4) is 0 Å². The Morgan fingerprint density at radius 1 is 1.24 bits per heavy atom. The van der Waals surface area contributed by atoms with Crippen molar-refractivity contribution < 1.29 is 9.47 Å². The standard InChI is InChI=1S/C19H29N3O2.HI/c1-3-20-19(21-11-8-17-9-13-23-14-10-17)22-12-15-24-18-6-4-16(2)5-7-18;/h4-7,9H,3,8,10-15H2,1-2H3,(H2,20,21,22);1H. The largest absolute Gasteiger partial charge is 0.492 e. The normalized spacial score (nSPS) is 14.3. The van der Waals surface area contributed by atoms with Gasteiger partial charge in [0.1, 0.15) is 12.4 Å². The summed E-state index contributed by atoms with van der Waals surface area (Å²) in [4.78, 5) is 4.62. The van der Waals surface area contributed by atoms with Crippen LogP contribution in [0.15, 0.2) is 40.9 Å². The smallest absolute Gasteiger partial charge is 0.191 e. The molecule has 1 heterocycles. The average Bonchev–Trinajstić information content (AvgIpc) is 2.61. The minimum atomic E-state index is 0. The topological polar surface area (TPSA) is 54.9 Å². The van der Waals surface area contributed by atoms with Gasteiger partial charge in [-0.1, -0.05) is 29.3 Å². The maximum absolute atomic E-state index is 5.72. The molecule has 0 aromatic heterocycles. The molecule has 25 heavy (non-hydrogen) atoms. The highest BCUT2D eigenvalue weighted by molar-refractivity contribution is 14.0. The molecule has 6 heteroatoms. The van der Waals surface area contributed by atoms with E-state index in [4.69, 9.17) is 9.47 Å². The van der Waals surface area contributed by atoms with Crippen LogP contribution in [0, 0.1) is 6.92 Å². The van der Waals surface area contributed by atoms with Crippen molar-refractivity contribution in [3.05, 3.63) is 41.5 Å². The van der Waals surface area contributed by atoms with Crippen LogP contribution in [0.1, 0.15) is 25.3 Å². The summed E-state index contributed by atoms with van der Waals surface area (Å²) in [5.41, 5.74) is 2.69. The molecule has 0 amide bonds. The molecule has 1 aromatic carbocycles. The maximum Gasteiger partial charge on any atom is 0.191 e. The van der Waals surface area contributed by atoms with Gasteiger partial charge in [-0.05, 0) is 38.8 Å². The molecule has 0 saturated carbocycles. The van der Waals surface area contributed by atoms with Crippen LogP contribution in [0.2, 0.25) is 0 Å². The minimum absolute atomic E-state index is 0. The van der Waals surface area contributed by atoms with Gasteiger partial charge in [0, 0.05) is 13.1 Å². The lowest BCUT2D eigenvalue weighted by molar-refractivity contribution is 0.153. The van der Waals surface area contributed by atoms with Crippen molar-refractivity contribution >= 4 is 29.9 Å². The Kier molecular flexibility index (Phi) is 11.3. The molecule has 0 fully saturated rings. The van der Waals surface area contributed by atoms with Gasteiger partial charge in [0.25, 0.3) is 0 Å². The Labute approximate surface area is 168 Å². The number of aryl methyl sites for hydroxylation is 1. The lowest BCUT2D eigenvalue weighted by Crippen LogP contribution is -2.39. The van der Waals surface area contributed by atoms with Crippen molar-refractivity contribution in [2.24, 2.45) is 4.99 Å². The zero-order chi connectivity index (χ0) is 17.0. The van der Waals surface area contributed by atoms with Crippen molar-refractivity contribution in [2.75, 3.05) is 39.5 Å². The molecule has 2 rings (SSSR count). The first-order valence-electron chi connectivity index (χ1n) is 8.75. The van der Waals surface area contributed by atoms with Gasteiger partial charge >= 0.3 is 0 Å². The molecular weight excluding hydrogens is 429 g/mol. The third-order valence-corrected chi connectivity index (χ3v) is 3.79. The van der Waals surface area contributed by atoms with E-state index >= 15 is 0 Å². The molecule has 1 aliphatic rings. The number of ether oxygens (including phenoxy) is 2. The SMILES string of the molecule is CCNC(=NCCC1=CCOCC1)NCCOc1ccc(C)cc1.I. The number of guanidine groups is 1. The van der Waals surface area contributed by atoms with E-state index in [1.54, 1.807) is 0 Å². The number of aliphatic imine (C=N–C) groups is 1. The molecule has 1 aromatic rings. The van der Waals surface area contributed by atoms with E-state index in [1.807, 2.05) is 12.1 Å². The molecule has 0 unspecified atom stereocenters. The summed E-state index contributed by atoms with van der Waals surface area (Å²) < 4.78 is 11.0. The first-order chi connectivity index (χ1) is 11.8. The third-order valence-electron chi connectivity index (χ3n) is 3.79. The second-order valence-electron chi connectivity index (χ2n) is 5.79. The van der Waals surface area contributed by atoms with Crippen LogP contribution in [-0.2, 0) is 4.74 Å². The number of rotatable bonds is 8. The van der Waals surface area contributed by atoms with Crippen molar-refractivity contribution in [1.29, 1.82) is 0 Å². The molecule has 0 radical (unpaired) electrons. The molecule has 140 valence electrons. The first-order valence-corrected chi connectivity index (χ1v) is 8.75. The summed E-state index contributed by atoms with van der Waals surface area (Å²) in [5, 5.41) is 6.58. The van der Waals surface area contributed by atoms with Gasteiger partial charge in [-0.25, -0.2) is 0 Å². The van der Waals surface area contributed by atoms with Gasteiger partial charge in [0.2, 0.25) is 0 Å². The fourth-order valence-corrected chi connectivity index (χ4v) is 2.42. The fourth-order valence-electron chi connectivity index (χ4n) is 2.42. The highest BCUT2D eigenvalue weighted by Gasteiger charge is 2.03. The lowest BCUT2D eigenvalue weighted by Gasteiger charge is -2.14. The van der Waals surface area contributed by atoms with E-state index in [9.17, 15) is 0 Å². The van der Waals surface area contributed by atoms with Crippen LogP contribution < -0.4 is 15.4 Å². The Morgan fingerprint density at radius 3 is 2.72 bits per heavy atom. The van der Waals surface area contributed by atoms with Crippen molar-refractivity contribution in [1.82, 2.24) is 10.6 Å². The summed E-state index contributed by atoms with van der Waals surface area (Å²) in [6, 6.07) is 8.10. The van der Waals surface area contributed by atoms with Gasteiger partial charge in [-0.2, -0.15) is 0 Å². The van der Waals surface area contributed by atoms with Crippen molar-refractivity contribution in [3.8, 4) is 5.75 Å². The number of halogens is 1. The Bertz CT molecular complexity index is 544. The van der Waals surface area contributed by atoms with E-state index in [0.717, 1.165) is 57.4 Å². The van der Waals surface area contributed by atoms with Crippen molar-refractivity contribution in [2.45, 2.75) is 26.7 Å². The molecule has 0 spiro atoms. The molecule has 2 N–H and O–H groups in total. The van der Waals surface area contributed by atoms with Gasteiger partial charge in [-0.3, -0.25) is 4.99 Å². The predicted octanol–water partition coefficient (Wildman–Crippen LogP) is 3.28. The van der Waals surface area contributed by atoms with E-state index in [1.165, 1.54) is 11.1 Å². The van der Waals surface area contributed by atoms with E-state index in [0.29, 0.717) is 6.61 Å². The molecule has 0 bridgehead atoms. The molecule has 0 aliphatic carbocycles. The quantitative estimate of drug-likeness (QED) is 0.206. The van der Waals surface area contributed by atoms with E-state index < -0.39 is 0 Å². The Balaban J connectivity index is 0.00000312. The summed E-state index contributed by atoms with van der Waals surface area (Å²) in [6.45, 7) is 8.69. The first kappa shape index (κ1) is 21.8.